The molecule has 2 fully saturated rings. The van der Waals surface area contributed by atoms with Gasteiger partial charge in [-0.05, 0) is 31.2 Å². The van der Waals surface area contributed by atoms with E-state index in [9.17, 15) is 4.39 Å². The van der Waals surface area contributed by atoms with Crippen LogP contribution >= 0.6 is 0 Å². The van der Waals surface area contributed by atoms with Crippen molar-refractivity contribution in [3.63, 3.8) is 0 Å². The zero-order chi connectivity index (χ0) is 21.0. The number of ether oxygens (including phenoxy) is 2. The Balaban J connectivity index is 1.54. The van der Waals surface area contributed by atoms with Crippen LogP contribution in [-0.4, -0.2) is 51.7 Å². The van der Waals surface area contributed by atoms with Crippen molar-refractivity contribution < 1.29 is 13.9 Å². The highest BCUT2D eigenvalue weighted by atomic mass is 19.1. The Hall–Kier alpha value is -3.10. The van der Waals surface area contributed by atoms with Gasteiger partial charge in [-0.2, -0.15) is 0 Å². The van der Waals surface area contributed by atoms with Crippen molar-refractivity contribution >= 4 is 22.5 Å². The predicted molar refractivity (Wildman–Crippen MR) is 115 cm³/mol. The van der Waals surface area contributed by atoms with Crippen LogP contribution in [0.3, 0.4) is 0 Å². The fraction of sp³-hybridized carbons (Fsp3) is 0.348. The highest BCUT2D eigenvalue weighted by molar-refractivity contribution is 5.94. The number of aromatic nitrogens is 4. The van der Waals surface area contributed by atoms with Crippen LogP contribution in [0.1, 0.15) is 18.4 Å². The Labute approximate surface area is 178 Å². The molecule has 2 saturated heterocycles. The highest BCUT2D eigenvalue weighted by Crippen LogP contribution is 2.35. The van der Waals surface area contributed by atoms with E-state index in [1.54, 1.807) is 18.2 Å². The van der Waals surface area contributed by atoms with E-state index < -0.39 is 5.79 Å². The Bertz CT molecular complexity index is 1290. The molecular formula is C23H22FN5O2. The van der Waals surface area contributed by atoms with Crippen LogP contribution in [-0.2, 0) is 9.47 Å². The number of anilines is 1. The van der Waals surface area contributed by atoms with Crippen LogP contribution in [0.15, 0.2) is 42.5 Å². The SMILES string of the molecule is Cc1ccc2nc(N3CCC4(CC3)OCCO4)n3c(-c4ccccc4F)nnc3c2c1. The molecule has 158 valence electrons. The molecular weight excluding hydrogens is 397 g/mol. The molecule has 0 amide bonds. The van der Waals surface area contributed by atoms with E-state index in [-0.39, 0.29) is 5.82 Å². The topological polar surface area (TPSA) is 64.8 Å². The summed E-state index contributed by atoms with van der Waals surface area (Å²) in [4.78, 5) is 7.17. The van der Waals surface area contributed by atoms with Crippen molar-refractivity contribution in [3.05, 3.63) is 53.8 Å². The molecule has 0 aliphatic carbocycles. The Morgan fingerprint density at radius 3 is 2.55 bits per heavy atom. The summed E-state index contributed by atoms with van der Waals surface area (Å²) in [5, 5.41) is 9.75. The van der Waals surface area contributed by atoms with Gasteiger partial charge in [-0.1, -0.05) is 23.8 Å². The van der Waals surface area contributed by atoms with Gasteiger partial charge in [-0.15, -0.1) is 10.2 Å². The molecule has 8 heteroatoms. The van der Waals surface area contributed by atoms with Crippen molar-refractivity contribution in [3.8, 4) is 11.4 Å². The quantitative estimate of drug-likeness (QED) is 0.493. The van der Waals surface area contributed by atoms with Crippen LogP contribution in [0.5, 0.6) is 0 Å². The van der Waals surface area contributed by atoms with Crippen LogP contribution in [0.4, 0.5) is 10.3 Å². The maximum atomic E-state index is 14.7. The molecule has 2 aromatic carbocycles. The lowest BCUT2D eigenvalue weighted by molar-refractivity contribution is -0.169. The van der Waals surface area contributed by atoms with Crippen molar-refractivity contribution in [2.75, 3.05) is 31.2 Å². The zero-order valence-corrected chi connectivity index (χ0v) is 17.2. The lowest BCUT2D eigenvalue weighted by Crippen LogP contribution is -2.46. The third kappa shape index (κ3) is 2.97. The third-order valence-corrected chi connectivity index (χ3v) is 6.21. The van der Waals surface area contributed by atoms with Crippen molar-refractivity contribution in [1.29, 1.82) is 0 Å². The number of benzene rings is 2. The van der Waals surface area contributed by atoms with Gasteiger partial charge in [-0.3, -0.25) is 0 Å². The molecule has 0 radical (unpaired) electrons. The second-order valence-corrected chi connectivity index (χ2v) is 8.19. The first-order valence-electron chi connectivity index (χ1n) is 10.6. The molecule has 2 aliphatic rings. The maximum absolute atomic E-state index is 14.7. The van der Waals surface area contributed by atoms with Gasteiger partial charge in [-0.25, -0.2) is 13.8 Å². The number of hydrogen-bond donors (Lipinski definition) is 0. The lowest BCUT2D eigenvalue weighted by Gasteiger charge is -2.38. The first-order valence-corrected chi connectivity index (χ1v) is 10.6. The molecule has 31 heavy (non-hydrogen) atoms. The van der Waals surface area contributed by atoms with Gasteiger partial charge < -0.3 is 14.4 Å². The molecule has 2 aromatic heterocycles. The second kappa shape index (κ2) is 6.96. The highest BCUT2D eigenvalue weighted by Gasteiger charge is 2.40. The molecule has 6 rings (SSSR count). The monoisotopic (exact) mass is 419 g/mol. The lowest BCUT2D eigenvalue weighted by atomic mass is 10.0. The van der Waals surface area contributed by atoms with E-state index in [1.165, 1.54) is 6.07 Å². The number of fused-ring (bicyclic) bond motifs is 3. The van der Waals surface area contributed by atoms with Crippen molar-refractivity contribution in [2.24, 2.45) is 0 Å². The Kier molecular flexibility index (Phi) is 4.19. The van der Waals surface area contributed by atoms with Gasteiger partial charge in [0.05, 0.1) is 24.3 Å². The summed E-state index contributed by atoms with van der Waals surface area (Å²) >= 11 is 0. The minimum Gasteiger partial charge on any atom is -0.347 e. The summed E-state index contributed by atoms with van der Waals surface area (Å²) < 4.78 is 28.3. The summed E-state index contributed by atoms with van der Waals surface area (Å²) in [6, 6.07) is 12.7. The number of aryl methyl sites for hydroxylation is 1. The van der Waals surface area contributed by atoms with E-state index in [2.05, 4.69) is 15.1 Å². The summed E-state index contributed by atoms with van der Waals surface area (Å²) in [5.41, 5.74) is 3.03. The molecule has 0 atom stereocenters. The summed E-state index contributed by atoms with van der Waals surface area (Å²) in [7, 11) is 0. The van der Waals surface area contributed by atoms with Gasteiger partial charge in [0, 0.05) is 31.3 Å². The molecule has 0 N–H and O–H groups in total. The molecule has 4 aromatic rings. The fourth-order valence-electron chi connectivity index (χ4n) is 4.59. The van der Waals surface area contributed by atoms with Gasteiger partial charge >= 0.3 is 0 Å². The molecule has 0 saturated carbocycles. The normalized spacial score (nSPS) is 18.5. The van der Waals surface area contributed by atoms with E-state index in [1.807, 2.05) is 29.5 Å². The van der Waals surface area contributed by atoms with E-state index in [4.69, 9.17) is 14.5 Å². The Morgan fingerprint density at radius 1 is 1.00 bits per heavy atom. The predicted octanol–water partition coefficient (Wildman–Crippen LogP) is 3.74. The molecule has 4 heterocycles. The third-order valence-electron chi connectivity index (χ3n) is 6.21. The van der Waals surface area contributed by atoms with Gasteiger partial charge in [0.1, 0.15) is 5.82 Å². The summed E-state index contributed by atoms with van der Waals surface area (Å²) in [6.45, 7) is 4.74. The van der Waals surface area contributed by atoms with Crippen molar-refractivity contribution in [2.45, 2.75) is 25.6 Å². The largest absolute Gasteiger partial charge is 0.347 e. The van der Waals surface area contributed by atoms with Gasteiger partial charge in [0.25, 0.3) is 0 Å². The molecule has 0 bridgehead atoms. The molecule has 1 spiro atoms. The summed E-state index contributed by atoms with van der Waals surface area (Å²) in [6.07, 6.45) is 1.50. The Morgan fingerprint density at radius 2 is 1.77 bits per heavy atom. The number of halogens is 1. The smallest absolute Gasteiger partial charge is 0.213 e. The fourth-order valence-corrected chi connectivity index (χ4v) is 4.59. The number of nitrogens with zero attached hydrogens (tertiary/aromatic N) is 5. The average molecular weight is 419 g/mol. The van der Waals surface area contributed by atoms with Crippen molar-refractivity contribution in [1.82, 2.24) is 19.6 Å². The maximum Gasteiger partial charge on any atom is 0.213 e. The number of hydrogen-bond acceptors (Lipinski definition) is 6. The van der Waals surface area contributed by atoms with Crippen LogP contribution in [0.25, 0.3) is 27.9 Å². The molecule has 0 unspecified atom stereocenters. The average Bonchev–Trinajstić information content (AvgIpc) is 3.42. The van der Waals surface area contributed by atoms with E-state index >= 15 is 0 Å². The zero-order valence-electron chi connectivity index (χ0n) is 17.2. The first kappa shape index (κ1) is 18.7. The number of piperidine rings is 1. The van der Waals surface area contributed by atoms with Crippen LogP contribution in [0.2, 0.25) is 0 Å². The van der Waals surface area contributed by atoms with E-state index in [0.717, 1.165) is 29.3 Å². The number of rotatable bonds is 2. The second-order valence-electron chi connectivity index (χ2n) is 8.19. The molecule has 2 aliphatic heterocycles. The van der Waals surface area contributed by atoms with Gasteiger partial charge in [0.15, 0.2) is 17.3 Å². The van der Waals surface area contributed by atoms with Crippen LogP contribution in [0, 0.1) is 12.7 Å². The van der Waals surface area contributed by atoms with E-state index in [0.29, 0.717) is 49.3 Å². The summed E-state index contributed by atoms with van der Waals surface area (Å²) in [5.74, 6) is 0.345. The minimum absolute atomic E-state index is 0.336. The first-order chi connectivity index (χ1) is 15.1. The standard InChI is InChI=1S/C23H22FN5O2/c1-15-6-7-19-17(14-15)21-27-26-20(16-4-2-3-5-18(16)24)29(21)22(25-19)28-10-8-23(9-11-28)30-12-13-31-23/h2-7,14H,8-13H2,1H3. The molecule has 7 nitrogen and oxygen atoms in total. The minimum atomic E-state index is -0.481. The van der Waals surface area contributed by atoms with Crippen LogP contribution < -0.4 is 4.90 Å². The van der Waals surface area contributed by atoms with Gasteiger partial charge in [0.2, 0.25) is 5.95 Å².